The van der Waals surface area contributed by atoms with E-state index in [9.17, 15) is 8.42 Å². The van der Waals surface area contributed by atoms with Crippen molar-refractivity contribution in [2.75, 3.05) is 18.8 Å². The fraction of sp³-hybridized carbons (Fsp3) is 1.00. The second kappa shape index (κ2) is 7.28. The lowest BCUT2D eigenvalue weighted by Gasteiger charge is -2.21. The molecule has 0 aromatic heterocycles. The highest BCUT2D eigenvalue weighted by molar-refractivity contribution is 7.92. The van der Waals surface area contributed by atoms with Gasteiger partial charge in [-0.05, 0) is 38.8 Å². The Balaban J connectivity index is 2.22. The normalized spacial score (nSPS) is 18.8. The monoisotopic (exact) mass is 247 g/mol. The van der Waals surface area contributed by atoms with E-state index in [0.29, 0.717) is 5.75 Å². The summed E-state index contributed by atoms with van der Waals surface area (Å²) in [6.45, 7) is 3.94. The zero-order valence-corrected chi connectivity index (χ0v) is 11.2. The molecular formula is C12H25NO2S. The summed E-state index contributed by atoms with van der Waals surface area (Å²) in [5, 5.41) is 3.21. The Morgan fingerprint density at radius 1 is 1.12 bits per heavy atom. The van der Waals surface area contributed by atoms with Crippen LogP contribution in [-0.2, 0) is 9.84 Å². The number of sulfone groups is 1. The van der Waals surface area contributed by atoms with Crippen molar-refractivity contribution in [3.63, 3.8) is 0 Å². The second-order valence-electron chi connectivity index (χ2n) is 4.73. The van der Waals surface area contributed by atoms with Gasteiger partial charge in [-0.25, -0.2) is 8.42 Å². The average molecular weight is 247 g/mol. The van der Waals surface area contributed by atoms with E-state index < -0.39 is 9.84 Å². The van der Waals surface area contributed by atoms with E-state index in [1.165, 1.54) is 6.42 Å². The molecule has 0 heterocycles. The van der Waals surface area contributed by atoms with Gasteiger partial charge in [0.05, 0.1) is 11.0 Å². The van der Waals surface area contributed by atoms with Crippen LogP contribution in [0.1, 0.15) is 51.9 Å². The Morgan fingerprint density at radius 2 is 1.81 bits per heavy atom. The van der Waals surface area contributed by atoms with Crippen molar-refractivity contribution in [2.24, 2.45) is 0 Å². The molecule has 16 heavy (non-hydrogen) atoms. The highest BCUT2D eigenvalue weighted by atomic mass is 32.2. The predicted molar refractivity (Wildman–Crippen MR) is 68.4 cm³/mol. The summed E-state index contributed by atoms with van der Waals surface area (Å²) in [6, 6.07) is 0. The van der Waals surface area contributed by atoms with Crippen LogP contribution in [-0.4, -0.2) is 32.5 Å². The Hall–Kier alpha value is -0.0900. The Kier molecular flexibility index (Phi) is 6.36. The van der Waals surface area contributed by atoms with Gasteiger partial charge in [0.25, 0.3) is 0 Å². The fourth-order valence-corrected chi connectivity index (χ4v) is 4.22. The molecule has 3 nitrogen and oxygen atoms in total. The minimum absolute atomic E-state index is 0.0348. The predicted octanol–water partition coefficient (Wildman–Crippen LogP) is 2.12. The van der Waals surface area contributed by atoms with E-state index in [4.69, 9.17) is 0 Å². The molecule has 0 radical (unpaired) electrons. The van der Waals surface area contributed by atoms with Gasteiger partial charge < -0.3 is 5.32 Å². The number of rotatable bonds is 7. The van der Waals surface area contributed by atoms with Gasteiger partial charge in [-0.1, -0.05) is 26.2 Å². The second-order valence-corrected chi connectivity index (χ2v) is 7.13. The molecule has 0 spiro atoms. The minimum atomic E-state index is -2.81. The SMILES string of the molecule is CCCNCCCS(=O)(=O)C1CCCCC1. The van der Waals surface area contributed by atoms with Gasteiger partial charge in [-0.2, -0.15) is 0 Å². The van der Waals surface area contributed by atoms with Gasteiger partial charge in [0, 0.05) is 0 Å². The zero-order chi connectivity index (χ0) is 11.9. The standard InChI is InChI=1S/C12H25NO2S/c1-2-9-13-10-6-11-16(14,15)12-7-4-3-5-8-12/h12-13H,2-11H2,1H3. The molecule has 0 aromatic carbocycles. The van der Waals surface area contributed by atoms with Gasteiger partial charge >= 0.3 is 0 Å². The molecule has 0 amide bonds. The van der Waals surface area contributed by atoms with Crippen molar-refractivity contribution in [1.29, 1.82) is 0 Å². The lowest BCUT2D eigenvalue weighted by Crippen LogP contribution is -2.28. The molecule has 1 aliphatic rings. The van der Waals surface area contributed by atoms with Crippen molar-refractivity contribution in [3.05, 3.63) is 0 Å². The van der Waals surface area contributed by atoms with Crippen molar-refractivity contribution in [2.45, 2.75) is 57.1 Å². The fourth-order valence-electron chi connectivity index (χ4n) is 2.29. The highest BCUT2D eigenvalue weighted by Gasteiger charge is 2.26. The third-order valence-corrected chi connectivity index (χ3v) is 5.61. The van der Waals surface area contributed by atoms with Crippen molar-refractivity contribution >= 4 is 9.84 Å². The molecular weight excluding hydrogens is 222 g/mol. The van der Waals surface area contributed by atoms with E-state index in [2.05, 4.69) is 12.2 Å². The third kappa shape index (κ3) is 4.83. The number of nitrogens with one attached hydrogen (secondary N) is 1. The molecule has 0 aromatic rings. The molecule has 4 heteroatoms. The van der Waals surface area contributed by atoms with Gasteiger partial charge in [0.15, 0.2) is 9.84 Å². The Labute approximate surface area is 99.9 Å². The maximum absolute atomic E-state index is 12.0. The zero-order valence-electron chi connectivity index (χ0n) is 10.4. The first kappa shape index (κ1) is 14.0. The summed E-state index contributed by atoms with van der Waals surface area (Å²) in [5.41, 5.74) is 0. The van der Waals surface area contributed by atoms with Crippen LogP contribution in [0.3, 0.4) is 0 Å². The Morgan fingerprint density at radius 3 is 2.44 bits per heavy atom. The van der Waals surface area contributed by atoms with Crippen molar-refractivity contribution in [1.82, 2.24) is 5.32 Å². The maximum atomic E-state index is 12.0. The lowest BCUT2D eigenvalue weighted by atomic mass is 10.0. The average Bonchev–Trinajstić information content (AvgIpc) is 2.30. The first-order valence-electron chi connectivity index (χ1n) is 6.59. The van der Waals surface area contributed by atoms with Crippen LogP contribution >= 0.6 is 0 Å². The quantitative estimate of drug-likeness (QED) is 0.701. The van der Waals surface area contributed by atoms with Crippen molar-refractivity contribution < 1.29 is 8.42 Å². The first-order chi connectivity index (χ1) is 7.67. The minimum Gasteiger partial charge on any atom is -0.317 e. The summed E-state index contributed by atoms with van der Waals surface area (Å²) in [7, 11) is -2.81. The molecule has 96 valence electrons. The molecule has 0 aliphatic heterocycles. The smallest absolute Gasteiger partial charge is 0.153 e. The molecule has 1 rings (SSSR count). The molecule has 0 atom stereocenters. The molecule has 1 N–H and O–H groups in total. The topological polar surface area (TPSA) is 46.2 Å². The molecule has 0 saturated heterocycles. The summed E-state index contributed by atoms with van der Waals surface area (Å²) >= 11 is 0. The van der Waals surface area contributed by atoms with Crippen LogP contribution in [0.25, 0.3) is 0 Å². The van der Waals surface area contributed by atoms with Gasteiger partial charge in [-0.15, -0.1) is 0 Å². The summed E-state index contributed by atoms with van der Waals surface area (Å²) < 4.78 is 24.0. The van der Waals surface area contributed by atoms with Crippen LogP contribution in [0.4, 0.5) is 0 Å². The summed E-state index contributed by atoms with van der Waals surface area (Å²) in [4.78, 5) is 0. The summed E-state index contributed by atoms with van der Waals surface area (Å²) in [5.74, 6) is 0.369. The van der Waals surface area contributed by atoms with E-state index in [1.54, 1.807) is 0 Å². The Bertz CT molecular complexity index is 269. The van der Waals surface area contributed by atoms with Gasteiger partial charge in [0.1, 0.15) is 0 Å². The van der Waals surface area contributed by atoms with Crippen LogP contribution < -0.4 is 5.32 Å². The third-order valence-electron chi connectivity index (χ3n) is 3.27. The highest BCUT2D eigenvalue weighted by Crippen LogP contribution is 2.24. The van der Waals surface area contributed by atoms with Crippen LogP contribution in [0.5, 0.6) is 0 Å². The molecule has 1 aliphatic carbocycles. The lowest BCUT2D eigenvalue weighted by molar-refractivity contribution is 0.482. The number of hydrogen-bond acceptors (Lipinski definition) is 3. The summed E-state index contributed by atoms with van der Waals surface area (Å²) in [6.07, 6.45) is 7.06. The number of hydrogen-bond donors (Lipinski definition) is 1. The maximum Gasteiger partial charge on any atom is 0.153 e. The van der Waals surface area contributed by atoms with E-state index >= 15 is 0 Å². The molecule has 0 unspecified atom stereocenters. The van der Waals surface area contributed by atoms with Gasteiger partial charge in [-0.3, -0.25) is 0 Å². The van der Waals surface area contributed by atoms with Crippen molar-refractivity contribution in [3.8, 4) is 0 Å². The molecule has 1 fully saturated rings. The van der Waals surface area contributed by atoms with Crippen LogP contribution in [0.2, 0.25) is 0 Å². The van der Waals surface area contributed by atoms with Crippen LogP contribution in [0, 0.1) is 0 Å². The van der Waals surface area contributed by atoms with E-state index in [1.807, 2.05) is 0 Å². The largest absolute Gasteiger partial charge is 0.317 e. The van der Waals surface area contributed by atoms with E-state index in [-0.39, 0.29) is 5.25 Å². The molecule has 1 saturated carbocycles. The van der Waals surface area contributed by atoms with E-state index in [0.717, 1.165) is 51.6 Å². The molecule has 0 bridgehead atoms. The van der Waals surface area contributed by atoms with Gasteiger partial charge in [0.2, 0.25) is 0 Å². The van der Waals surface area contributed by atoms with Crippen LogP contribution in [0.15, 0.2) is 0 Å². The first-order valence-corrected chi connectivity index (χ1v) is 8.30.